The maximum atomic E-state index is 13.5. The number of benzene rings is 2. The molecular formula is C25H26ClF2N5O2. The molecule has 0 radical (unpaired) electrons. The van der Waals surface area contributed by atoms with Gasteiger partial charge < -0.3 is 20.3 Å². The largest absolute Gasteiger partial charge is 0.491 e. The number of piperidine rings is 1. The quantitative estimate of drug-likeness (QED) is 0.385. The van der Waals surface area contributed by atoms with Gasteiger partial charge in [-0.15, -0.1) is 0 Å². The van der Waals surface area contributed by atoms with E-state index in [1.807, 2.05) is 0 Å². The van der Waals surface area contributed by atoms with Gasteiger partial charge in [0.15, 0.2) is 5.83 Å². The van der Waals surface area contributed by atoms with Crippen LogP contribution in [0.3, 0.4) is 0 Å². The third kappa shape index (κ3) is 6.23. The molecule has 4 rings (SSSR count). The summed E-state index contributed by atoms with van der Waals surface area (Å²) >= 11 is 5.89. The standard InChI is InChI=1S/C25H26ClF2N5O2/c1-15(27)25(34)32-22-11-18-21(12-23(22)35-9-7-16-4-3-8-33(2)13-16)29-14-30-24(18)31-17-5-6-20(28)19(26)10-17/h5-6,10-12,14,16H,1,3-4,7-9,13H2,2H3,(H,32,34)(H,29,30,31)/t16-/m0/s1. The molecule has 1 aromatic heterocycles. The number of aromatic nitrogens is 2. The van der Waals surface area contributed by atoms with E-state index in [0.717, 1.165) is 32.4 Å². The third-order valence-corrected chi connectivity index (χ3v) is 6.21. The van der Waals surface area contributed by atoms with Crippen LogP contribution in [0.5, 0.6) is 5.75 Å². The van der Waals surface area contributed by atoms with Gasteiger partial charge in [-0.1, -0.05) is 18.2 Å². The van der Waals surface area contributed by atoms with Gasteiger partial charge in [0.05, 0.1) is 22.8 Å². The van der Waals surface area contributed by atoms with Crippen LogP contribution in [0, 0.1) is 11.7 Å². The second-order valence-corrected chi connectivity index (χ2v) is 9.02. The molecule has 0 aliphatic carbocycles. The van der Waals surface area contributed by atoms with Gasteiger partial charge in [0, 0.05) is 23.7 Å². The molecule has 1 atom stereocenters. The van der Waals surface area contributed by atoms with Crippen molar-refractivity contribution >= 4 is 45.6 Å². The number of anilines is 3. The Bertz CT molecular complexity index is 1260. The lowest BCUT2D eigenvalue weighted by atomic mass is 9.96. The number of hydrogen-bond acceptors (Lipinski definition) is 6. The number of halogens is 3. The van der Waals surface area contributed by atoms with Gasteiger partial charge in [-0.3, -0.25) is 4.79 Å². The number of rotatable bonds is 8. The zero-order chi connectivity index (χ0) is 24.9. The second-order valence-electron chi connectivity index (χ2n) is 8.61. The third-order valence-electron chi connectivity index (χ3n) is 5.92. The first-order valence-electron chi connectivity index (χ1n) is 11.3. The van der Waals surface area contributed by atoms with E-state index in [-0.39, 0.29) is 10.7 Å². The van der Waals surface area contributed by atoms with Crippen molar-refractivity contribution in [2.45, 2.75) is 19.3 Å². The number of ether oxygens (including phenoxy) is 1. The molecular weight excluding hydrogens is 476 g/mol. The lowest BCUT2D eigenvalue weighted by molar-refractivity contribution is -0.114. The molecule has 0 saturated carbocycles. The summed E-state index contributed by atoms with van der Waals surface area (Å²) < 4.78 is 33.0. The molecule has 10 heteroatoms. The van der Waals surface area contributed by atoms with Crippen LogP contribution in [0.25, 0.3) is 10.9 Å². The van der Waals surface area contributed by atoms with Crippen LogP contribution in [0.2, 0.25) is 5.02 Å². The molecule has 35 heavy (non-hydrogen) atoms. The summed E-state index contributed by atoms with van der Waals surface area (Å²) in [6.45, 7) is 5.61. The lowest BCUT2D eigenvalue weighted by Gasteiger charge is -2.29. The van der Waals surface area contributed by atoms with Crippen molar-refractivity contribution in [1.82, 2.24) is 14.9 Å². The molecule has 2 aromatic carbocycles. The number of hydrogen-bond donors (Lipinski definition) is 2. The van der Waals surface area contributed by atoms with Gasteiger partial charge in [-0.25, -0.2) is 18.7 Å². The Morgan fingerprint density at radius 3 is 2.89 bits per heavy atom. The van der Waals surface area contributed by atoms with Crippen molar-refractivity contribution in [1.29, 1.82) is 0 Å². The predicted octanol–water partition coefficient (Wildman–Crippen LogP) is 5.70. The summed E-state index contributed by atoms with van der Waals surface area (Å²) in [4.78, 5) is 22.9. The second kappa shape index (κ2) is 11.0. The van der Waals surface area contributed by atoms with E-state index in [1.165, 1.54) is 24.5 Å². The maximum Gasteiger partial charge on any atom is 0.283 e. The Balaban J connectivity index is 1.61. The Morgan fingerprint density at radius 2 is 2.14 bits per heavy atom. The average Bonchev–Trinajstić information content (AvgIpc) is 2.82. The zero-order valence-electron chi connectivity index (χ0n) is 19.3. The summed E-state index contributed by atoms with van der Waals surface area (Å²) in [5.41, 5.74) is 1.31. The fraction of sp³-hybridized carbons (Fsp3) is 0.320. The summed E-state index contributed by atoms with van der Waals surface area (Å²) in [6, 6.07) is 7.46. The van der Waals surface area contributed by atoms with Crippen LogP contribution in [0.15, 0.2) is 49.1 Å². The van der Waals surface area contributed by atoms with Gasteiger partial charge in [-0.05, 0) is 63.0 Å². The zero-order valence-corrected chi connectivity index (χ0v) is 20.0. The van der Waals surface area contributed by atoms with Crippen molar-refractivity contribution in [2.75, 3.05) is 37.4 Å². The molecule has 1 aliphatic heterocycles. The Labute approximate surface area is 207 Å². The Morgan fingerprint density at radius 1 is 1.31 bits per heavy atom. The first kappa shape index (κ1) is 24.8. The van der Waals surface area contributed by atoms with Crippen molar-refractivity contribution in [3.8, 4) is 5.75 Å². The molecule has 0 bridgehead atoms. The topological polar surface area (TPSA) is 79.4 Å². The van der Waals surface area contributed by atoms with Gasteiger partial charge in [0.25, 0.3) is 5.91 Å². The number of nitrogens with one attached hydrogen (secondary N) is 2. The number of amides is 1. The number of fused-ring (bicyclic) bond motifs is 1. The van der Waals surface area contributed by atoms with Crippen LogP contribution in [0.1, 0.15) is 19.3 Å². The Hall–Kier alpha value is -3.30. The van der Waals surface area contributed by atoms with Crippen LogP contribution < -0.4 is 15.4 Å². The van der Waals surface area contributed by atoms with Crippen LogP contribution >= 0.6 is 11.6 Å². The van der Waals surface area contributed by atoms with E-state index in [2.05, 4.69) is 39.1 Å². The highest BCUT2D eigenvalue weighted by Crippen LogP contribution is 2.34. The van der Waals surface area contributed by atoms with Gasteiger partial charge in [0.2, 0.25) is 0 Å². The van der Waals surface area contributed by atoms with Crippen molar-refractivity contribution in [2.24, 2.45) is 5.92 Å². The fourth-order valence-electron chi connectivity index (χ4n) is 4.15. The highest BCUT2D eigenvalue weighted by Gasteiger charge is 2.19. The first-order chi connectivity index (χ1) is 16.8. The minimum Gasteiger partial charge on any atom is -0.491 e. The number of nitrogens with zero attached hydrogens (tertiary/aromatic N) is 3. The van der Waals surface area contributed by atoms with Gasteiger partial charge in [-0.2, -0.15) is 0 Å². The highest BCUT2D eigenvalue weighted by molar-refractivity contribution is 6.31. The van der Waals surface area contributed by atoms with E-state index in [4.69, 9.17) is 16.3 Å². The van der Waals surface area contributed by atoms with Crippen LogP contribution in [-0.2, 0) is 4.79 Å². The molecule has 2 N–H and O–H groups in total. The maximum absolute atomic E-state index is 13.5. The van der Waals surface area contributed by atoms with E-state index in [9.17, 15) is 13.6 Å². The fourth-order valence-corrected chi connectivity index (χ4v) is 4.33. The molecule has 7 nitrogen and oxygen atoms in total. The molecule has 1 aliphatic rings. The first-order valence-corrected chi connectivity index (χ1v) is 11.7. The summed E-state index contributed by atoms with van der Waals surface area (Å²) in [6.07, 6.45) is 4.53. The molecule has 1 amide bonds. The molecule has 0 spiro atoms. The molecule has 0 unspecified atom stereocenters. The number of carbonyl (C=O) groups is 1. The van der Waals surface area contributed by atoms with Crippen LogP contribution in [0.4, 0.5) is 26.0 Å². The van der Waals surface area contributed by atoms with Gasteiger partial charge in [0.1, 0.15) is 23.7 Å². The summed E-state index contributed by atoms with van der Waals surface area (Å²) in [7, 11) is 2.11. The SMILES string of the molecule is C=C(F)C(=O)Nc1cc2c(Nc3ccc(F)c(Cl)c3)ncnc2cc1OCC[C@@H]1CCCN(C)C1. The molecule has 184 valence electrons. The summed E-state index contributed by atoms with van der Waals surface area (Å²) in [5, 5.41) is 6.08. The average molecular weight is 502 g/mol. The minimum atomic E-state index is -1.12. The smallest absolute Gasteiger partial charge is 0.283 e. The normalized spacial score (nSPS) is 16.2. The lowest BCUT2D eigenvalue weighted by Crippen LogP contribution is -2.32. The van der Waals surface area contributed by atoms with E-state index >= 15 is 0 Å². The number of carbonyl (C=O) groups excluding carboxylic acids is 1. The van der Waals surface area contributed by atoms with Gasteiger partial charge >= 0.3 is 0 Å². The van der Waals surface area contributed by atoms with Crippen molar-refractivity contribution < 1.29 is 18.3 Å². The van der Waals surface area contributed by atoms with E-state index in [1.54, 1.807) is 12.1 Å². The van der Waals surface area contributed by atoms with Crippen molar-refractivity contribution in [3.63, 3.8) is 0 Å². The van der Waals surface area contributed by atoms with E-state index < -0.39 is 17.6 Å². The predicted molar refractivity (Wildman–Crippen MR) is 133 cm³/mol. The molecule has 3 aromatic rings. The molecule has 1 fully saturated rings. The van der Waals surface area contributed by atoms with Crippen molar-refractivity contribution in [3.05, 3.63) is 59.9 Å². The highest BCUT2D eigenvalue weighted by atomic mass is 35.5. The minimum absolute atomic E-state index is 0.0392. The summed E-state index contributed by atoms with van der Waals surface area (Å²) in [5.74, 6) is -1.35. The molecule has 1 saturated heterocycles. The monoisotopic (exact) mass is 501 g/mol. The van der Waals surface area contributed by atoms with E-state index in [0.29, 0.717) is 40.7 Å². The Kier molecular flexibility index (Phi) is 7.77. The molecule has 2 heterocycles. The van der Waals surface area contributed by atoms with Crippen LogP contribution in [-0.4, -0.2) is 47.5 Å². The number of likely N-dealkylation sites (tertiary alicyclic amines) is 1.